The van der Waals surface area contributed by atoms with Gasteiger partial charge < -0.3 is 9.30 Å². The molecule has 2 aromatic carbocycles. The number of benzene rings is 2. The van der Waals surface area contributed by atoms with Crippen molar-refractivity contribution in [2.45, 2.75) is 13.5 Å². The zero-order chi connectivity index (χ0) is 16.9. The predicted octanol–water partition coefficient (Wildman–Crippen LogP) is 3.83. The predicted molar refractivity (Wildman–Crippen MR) is 92.7 cm³/mol. The molecule has 3 rings (SSSR count). The van der Waals surface area contributed by atoms with E-state index in [0.717, 1.165) is 5.75 Å². The van der Waals surface area contributed by atoms with Crippen LogP contribution < -0.4 is 10.3 Å². The van der Waals surface area contributed by atoms with Crippen molar-refractivity contribution in [3.05, 3.63) is 94.4 Å². The number of nitrogens with zero attached hydrogens (tertiary/aromatic N) is 1. The molecule has 0 N–H and O–H groups in total. The summed E-state index contributed by atoms with van der Waals surface area (Å²) in [6.45, 7) is 1.76. The number of aryl methyl sites for hydroxylation is 1. The summed E-state index contributed by atoms with van der Waals surface area (Å²) in [7, 11) is 0. The van der Waals surface area contributed by atoms with E-state index in [1.165, 1.54) is 4.57 Å². The van der Waals surface area contributed by atoms with Crippen molar-refractivity contribution in [3.63, 3.8) is 0 Å². The SMILES string of the molecule is Cc1cccn(CC(=O)c2ccc(Oc3ccccc3)cc2)c1=O. The lowest BCUT2D eigenvalue weighted by Gasteiger charge is -2.08. The van der Waals surface area contributed by atoms with E-state index in [2.05, 4.69) is 0 Å². The number of ketones is 1. The highest BCUT2D eigenvalue weighted by atomic mass is 16.5. The topological polar surface area (TPSA) is 48.3 Å². The number of hydrogen-bond donors (Lipinski definition) is 0. The van der Waals surface area contributed by atoms with Crippen LogP contribution in [0.5, 0.6) is 11.5 Å². The summed E-state index contributed by atoms with van der Waals surface area (Å²) < 4.78 is 7.12. The Morgan fingerprint density at radius 3 is 2.29 bits per heavy atom. The quantitative estimate of drug-likeness (QED) is 0.672. The van der Waals surface area contributed by atoms with E-state index in [1.54, 1.807) is 49.5 Å². The van der Waals surface area contributed by atoms with Crippen LogP contribution in [0.25, 0.3) is 0 Å². The fourth-order valence-corrected chi connectivity index (χ4v) is 2.36. The van der Waals surface area contributed by atoms with Crippen LogP contribution in [0.1, 0.15) is 15.9 Å². The molecule has 0 unspecified atom stereocenters. The molecule has 0 aliphatic carbocycles. The summed E-state index contributed by atoms with van der Waals surface area (Å²) in [4.78, 5) is 24.3. The molecule has 4 nitrogen and oxygen atoms in total. The Balaban J connectivity index is 1.72. The fourth-order valence-electron chi connectivity index (χ4n) is 2.36. The number of Topliss-reactive ketones (excluding diaryl/α,β-unsaturated/α-hetero) is 1. The van der Waals surface area contributed by atoms with Crippen LogP contribution in [-0.2, 0) is 6.54 Å². The van der Waals surface area contributed by atoms with Crippen molar-refractivity contribution in [1.29, 1.82) is 0 Å². The lowest BCUT2D eigenvalue weighted by Crippen LogP contribution is -2.25. The van der Waals surface area contributed by atoms with Gasteiger partial charge in [0, 0.05) is 17.3 Å². The maximum absolute atomic E-state index is 12.3. The van der Waals surface area contributed by atoms with Gasteiger partial charge in [-0.3, -0.25) is 9.59 Å². The Labute approximate surface area is 140 Å². The third kappa shape index (κ3) is 3.60. The highest BCUT2D eigenvalue weighted by Crippen LogP contribution is 2.21. The molecule has 0 fully saturated rings. The summed E-state index contributed by atoms with van der Waals surface area (Å²) in [5.74, 6) is 1.28. The normalized spacial score (nSPS) is 10.4. The lowest BCUT2D eigenvalue weighted by molar-refractivity contribution is 0.0971. The average molecular weight is 319 g/mol. The molecule has 0 bridgehead atoms. The van der Waals surface area contributed by atoms with Crippen molar-refractivity contribution in [2.24, 2.45) is 0 Å². The number of para-hydroxylation sites is 1. The molecule has 24 heavy (non-hydrogen) atoms. The van der Waals surface area contributed by atoms with Gasteiger partial charge in [0.2, 0.25) is 0 Å². The van der Waals surface area contributed by atoms with Crippen LogP contribution in [-0.4, -0.2) is 10.4 Å². The minimum atomic E-state index is -0.144. The number of pyridine rings is 1. The van der Waals surface area contributed by atoms with Crippen molar-refractivity contribution in [1.82, 2.24) is 4.57 Å². The van der Waals surface area contributed by atoms with Gasteiger partial charge in [-0.25, -0.2) is 0 Å². The monoisotopic (exact) mass is 319 g/mol. The molecule has 0 saturated carbocycles. The molecule has 0 radical (unpaired) electrons. The Morgan fingerprint density at radius 2 is 1.58 bits per heavy atom. The second-order valence-electron chi connectivity index (χ2n) is 5.49. The molecular weight excluding hydrogens is 302 g/mol. The third-order valence-electron chi connectivity index (χ3n) is 3.68. The Hall–Kier alpha value is -3.14. The Kier molecular flexibility index (Phi) is 4.57. The summed E-state index contributed by atoms with van der Waals surface area (Å²) in [5, 5.41) is 0. The first kappa shape index (κ1) is 15.7. The molecule has 1 heterocycles. The zero-order valence-electron chi connectivity index (χ0n) is 13.3. The van der Waals surface area contributed by atoms with E-state index in [-0.39, 0.29) is 17.9 Å². The number of carbonyl (C=O) groups is 1. The van der Waals surface area contributed by atoms with Gasteiger partial charge in [-0.1, -0.05) is 24.3 Å². The number of rotatable bonds is 5. The van der Waals surface area contributed by atoms with Gasteiger partial charge in [0.1, 0.15) is 11.5 Å². The van der Waals surface area contributed by atoms with Gasteiger partial charge in [-0.2, -0.15) is 0 Å². The van der Waals surface area contributed by atoms with Gasteiger partial charge in [0.25, 0.3) is 5.56 Å². The largest absolute Gasteiger partial charge is 0.457 e. The summed E-state index contributed by atoms with van der Waals surface area (Å²) in [6, 6.07) is 19.9. The number of ether oxygens (including phenoxy) is 1. The van der Waals surface area contributed by atoms with Crippen molar-refractivity contribution >= 4 is 5.78 Å². The third-order valence-corrected chi connectivity index (χ3v) is 3.68. The van der Waals surface area contributed by atoms with Gasteiger partial charge in [0.05, 0.1) is 6.54 Å². The minimum absolute atomic E-state index is 0.0272. The molecule has 0 aliphatic rings. The summed E-state index contributed by atoms with van der Waals surface area (Å²) in [6.07, 6.45) is 1.63. The number of aromatic nitrogens is 1. The molecule has 3 aromatic rings. The molecule has 4 heteroatoms. The first-order valence-electron chi connectivity index (χ1n) is 7.66. The van der Waals surface area contributed by atoms with E-state index in [4.69, 9.17) is 4.74 Å². The molecule has 0 saturated heterocycles. The zero-order valence-corrected chi connectivity index (χ0v) is 13.3. The average Bonchev–Trinajstić information content (AvgIpc) is 2.60. The molecule has 0 atom stereocenters. The second-order valence-corrected chi connectivity index (χ2v) is 5.49. The second kappa shape index (κ2) is 6.96. The highest BCUT2D eigenvalue weighted by Gasteiger charge is 2.09. The standard InChI is InChI=1S/C20H17NO3/c1-15-6-5-13-21(20(15)23)14-19(22)16-9-11-18(12-10-16)24-17-7-3-2-4-8-17/h2-13H,14H2,1H3. The molecule has 0 amide bonds. The first-order chi connectivity index (χ1) is 11.6. The maximum atomic E-state index is 12.3. The van der Waals surface area contributed by atoms with Crippen molar-refractivity contribution < 1.29 is 9.53 Å². The van der Waals surface area contributed by atoms with Crippen LogP contribution in [0.2, 0.25) is 0 Å². The molecule has 0 aliphatic heterocycles. The van der Waals surface area contributed by atoms with Crippen molar-refractivity contribution in [2.75, 3.05) is 0 Å². The van der Waals surface area contributed by atoms with Gasteiger partial charge >= 0.3 is 0 Å². The van der Waals surface area contributed by atoms with Crippen molar-refractivity contribution in [3.8, 4) is 11.5 Å². The summed E-state index contributed by atoms with van der Waals surface area (Å²) >= 11 is 0. The number of hydrogen-bond acceptors (Lipinski definition) is 3. The van der Waals surface area contributed by atoms with E-state index in [1.807, 2.05) is 30.3 Å². The molecular formula is C20H17NO3. The molecule has 0 spiro atoms. The number of carbonyl (C=O) groups excluding carboxylic acids is 1. The fraction of sp³-hybridized carbons (Fsp3) is 0.100. The highest BCUT2D eigenvalue weighted by molar-refractivity contribution is 5.96. The van der Waals surface area contributed by atoms with Crippen LogP contribution in [0.3, 0.4) is 0 Å². The van der Waals surface area contributed by atoms with Crippen LogP contribution in [0.4, 0.5) is 0 Å². The van der Waals surface area contributed by atoms with Crippen LogP contribution in [0, 0.1) is 6.92 Å². The Bertz CT molecular complexity index is 896. The smallest absolute Gasteiger partial charge is 0.253 e. The lowest BCUT2D eigenvalue weighted by atomic mass is 10.1. The van der Waals surface area contributed by atoms with Crippen LogP contribution >= 0.6 is 0 Å². The van der Waals surface area contributed by atoms with Gasteiger partial charge in [-0.15, -0.1) is 0 Å². The van der Waals surface area contributed by atoms with E-state index in [9.17, 15) is 9.59 Å². The van der Waals surface area contributed by atoms with Gasteiger partial charge in [0.15, 0.2) is 5.78 Å². The van der Waals surface area contributed by atoms with E-state index < -0.39 is 0 Å². The molecule has 1 aromatic heterocycles. The van der Waals surface area contributed by atoms with Crippen LogP contribution in [0.15, 0.2) is 77.7 Å². The van der Waals surface area contributed by atoms with E-state index in [0.29, 0.717) is 16.9 Å². The minimum Gasteiger partial charge on any atom is -0.457 e. The van der Waals surface area contributed by atoms with Gasteiger partial charge in [-0.05, 0) is 49.4 Å². The van der Waals surface area contributed by atoms with E-state index >= 15 is 0 Å². The summed E-state index contributed by atoms with van der Waals surface area (Å²) in [5.41, 5.74) is 1.02. The maximum Gasteiger partial charge on any atom is 0.253 e. The Morgan fingerprint density at radius 1 is 0.917 bits per heavy atom. The first-order valence-corrected chi connectivity index (χ1v) is 7.66. The molecule has 120 valence electrons.